The molecule has 28 heavy (non-hydrogen) atoms. The summed E-state index contributed by atoms with van der Waals surface area (Å²) in [4.78, 5) is 21.4. The zero-order valence-electron chi connectivity index (χ0n) is 16.3. The van der Waals surface area contributed by atoms with Crippen molar-refractivity contribution in [3.63, 3.8) is 0 Å². The average molecular weight is 398 g/mol. The van der Waals surface area contributed by atoms with Crippen LogP contribution in [0, 0.1) is 11.8 Å². The van der Waals surface area contributed by atoms with Crippen LogP contribution in [0.1, 0.15) is 38.2 Å². The number of rotatable bonds is 5. The molecule has 1 amide bonds. The SMILES string of the molecule is CCN1CCN(c2ccc(CNC(=O)C3CCCCC3C(F)(F)F)cn2)CC1. The van der Waals surface area contributed by atoms with Crippen LogP contribution in [-0.4, -0.2) is 54.7 Å². The molecule has 1 aliphatic heterocycles. The lowest BCUT2D eigenvalue weighted by molar-refractivity contribution is -0.198. The van der Waals surface area contributed by atoms with Crippen LogP contribution in [0.3, 0.4) is 0 Å². The molecule has 2 atom stereocenters. The van der Waals surface area contributed by atoms with E-state index in [1.807, 2.05) is 12.1 Å². The molecule has 1 saturated carbocycles. The summed E-state index contributed by atoms with van der Waals surface area (Å²) in [6.45, 7) is 7.29. The van der Waals surface area contributed by atoms with E-state index in [2.05, 4.69) is 27.0 Å². The van der Waals surface area contributed by atoms with Crippen molar-refractivity contribution in [1.82, 2.24) is 15.2 Å². The van der Waals surface area contributed by atoms with Crippen molar-refractivity contribution in [3.8, 4) is 0 Å². The predicted molar refractivity (Wildman–Crippen MR) is 102 cm³/mol. The van der Waals surface area contributed by atoms with E-state index in [0.717, 1.165) is 44.1 Å². The number of amides is 1. The Morgan fingerprint density at radius 1 is 1.18 bits per heavy atom. The number of carbonyl (C=O) groups is 1. The monoisotopic (exact) mass is 398 g/mol. The number of hydrogen-bond acceptors (Lipinski definition) is 4. The molecular formula is C20H29F3N4O. The predicted octanol–water partition coefficient (Wildman–Crippen LogP) is 3.21. The van der Waals surface area contributed by atoms with Gasteiger partial charge in [0.05, 0.1) is 5.92 Å². The quantitative estimate of drug-likeness (QED) is 0.828. The van der Waals surface area contributed by atoms with E-state index in [-0.39, 0.29) is 13.0 Å². The van der Waals surface area contributed by atoms with Gasteiger partial charge in [0.25, 0.3) is 0 Å². The highest BCUT2D eigenvalue weighted by Crippen LogP contribution is 2.41. The van der Waals surface area contributed by atoms with Crippen LogP contribution in [0.5, 0.6) is 0 Å². The van der Waals surface area contributed by atoms with Gasteiger partial charge < -0.3 is 15.1 Å². The maximum absolute atomic E-state index is 13.2. The maximum Gasteiger partial charge on any atom is 0.392 e. The number of nitrogens with one attached hydrogen (secondary N) is 1. The summed E-state index contributed by atoms with van der Waals surface area (Å²) in [5, 5.41) is 2.68. The van der Waals surface area contributed by atoms with E-state index in [1.54, 1.807) is 6.20 Å². The first-order valence-electron chi connectivity index (χ1n) is 10.1. The first-order chi connectivity index (χ1) is 13.4. The lowest BCUT2D eigenvalue weighted by Gasteiger charge is -2.34. The van der Waals surface area contributed by atoms with Crippen LogP contribution in [0.25, 0.3) is 0 Å². The third-order valence-electron chi connectivity index (χ3n) is 5.94. The maximum atomic E-state index is 13.2. The molecule has 0 aromatic carbocycles. The summed E-state index contributed by atoms with van der Waals surface area (Å²) >= 11 is 0. The number of piperazine rings is 1. The summed E-state index contributed by atoms with van der Waals surface area (Å²) in [6, 6.07) is 3.80. The molecule has 5 nitrogen and oxygen atoms in total. The fourth-order valence-corrected chi connectivity index (χ4v) is 4.16. The van der Waals surface area contributed by atoms with Crippen molar-refractivity contribution >= 4 is 11.7 Å². The minimum atomic E-state index is -4.31. The standard InChI is InChI=1S/C20H29F3N4O/c1-2-26-9-11-27(12-10-26)18-8-7-15(13-24-18)14-25-19(28)16-5-3-4-6-17(16)20(21,22)23/h7-8,13,16-17H,2-6,9-12,14H2,1H3,(H,25,28). The van der Waals surface area contributed by atoms with Gasteiger partial charge in [-0.3, -0.25) is 4.79 Å². The van der Waals surface area contributed by atoms with E-state index in [9.17, 15) is 18.0 Å². The minimum Gasteiger partial charge on any atom is -0.354 e. The van der Waals surface area contributed by atoms with E-state index in [1.165, 1.54) is 0 Å². The highest BCUT2D eigenvalue weighted by atomic mass is 19.4. The van der Waals surface area contributed by atoms with Gasteiger partial charge >= 0.3 is 6.18 Å². The van der Waals surface area contributed by atoms with Gasteiger partial charge in [0.1, 0.15) is 5.82 Å². The number of halogens is 3. The molecule has 0 radical (unpaired) electrons. The Balaban J connectivity index is 1.52. The zero-order chi connectivity index (χ0) is 20.1. The van der Waals surface area contributed by atoms with Crippen LogP contribution in [-0.2, 0) is 11.3 Å². The summed E-state index contributed by atoms with van der Waals surface area (Å²) in [7, 11) is 0. The molecule has 1 saturated heterocycles. The molecule has 1 aliphatic carbocycles. The van der Waals surface area contributed by atoms with Crippen molar-refractivity contribution in [2.45, 2.75) is 45.3 Å². The topological polar surface area (TPSA) is 48.5 Å². The lowest BCUT2D eigenvalue weighted by Crippen LogP contribution is -2.46. The molecule has 1 aromatic heterocycles. The third kappa shape index (κ3) is 5.16. The van der Waals surface area contributed by atoms with Gasteiger partial charge in [-0.25, -0.2) is 4.98 Å². The third-order valence-corrected chi connectivity index (χ3v) is 5.94. The first kappa shape index (κ1) is 20.9. The smallest absolute Gasteiger partial charge is 0.354 e. The minimum absolute atomic E-state index is 0.0448. The molecule has 0 bridgehead atoms. The summed E-state index contributed by atoms with van der Waals surface area (Å²) in [5.41, 5.74) is 0.795. The van der Waals surface area contributed by atoms with Gasteiger partial charge in [-0.2, -0.15) is 13.2 Å². The van der Waals surface area contributed by atoms with E-state index in [4.69, 9.17) is 0 Å². The zero-order valence-corrected chi connectivity index (χ0v) is 16.3. The number of hydrogen-bond donors (Lipinski definition) is 1. The number of alkyl halides is 3. The molecule has 2 unspecified atom stereocenters. The van der Waals surface area contributed by atoms with Gasteiger partial charge in [0, 0.05) is 44.8 Å². The lowest BCUT2D eigenvalue weighted by atomic mass is 9.78. The molecular weight excluding hydrogens is 369 g/mol. The Morgan fingerprint density at radius 3 is 2.50 bits per heavy atom. The molecule has 8 heteroatoms. The van der Waals surface area contributed by atoms with Crippen LogP contribution in [0.15, 0.2) is 18.3 Å². The first-order valence-corrected chi connectivity index (χ1v) is 10.1. The van der Waals surface area contributed by atoms with Crippen molar-refractivity contribution in [1.29, 1.82) is 0 Å². The Bertz CT molecular complexity index is 642. The van der Waals surface area contributed by atoms with Crippen molar-refractivity contribution in [3.05, 3.63) is 23.9 Å². The number of likely N-dealkylation sites (N-methyl/N-ethyl adjacent to an activating group) is 1. The van der Waals surface area contributed by atoms with Crippen molar-refractivity contribution in [2.24, 2.45) is 11.8 Å². The Kier molecular flexibility index (Phi) is 6.80. The normalized spacial score (nSPS) is 24.2. The molecule has 2 aliphatic rings. The number of nitrogens with zero attached hydrogens (tertiary/aromatic N) is 3. The largest absolute Gasteiger partial charge is 0.392 e. The van der Waals surface area contributed by atoms with Crippen LogP contribution in [0.2, 0.25) is 0 Å². The highest BCUT2D eigenvalue weighted by Gasteiger charge is 2.47. The second kappa shape index (κ2) is 9.11. The van der Waals surface area contributed by atoms with E-state index < -0.39 is 23.9 Å². The molecule has 0 spiro atoms. The van der Waals surface area contributed by atoms with Crippen LogP contribution in [0.4, 0.5) is 19.0 Å². The molecule has 3 rings (SSSR count). The fourth-order valence-electron chi connectivity index (χ4n) is 4.16. The van der Waals surface area contributed by atoms with Crippen molar-refractivity contribution < 1.29 is 18.0 Å². The van der Waals surface area contributed by atoms with Gasteiger partial charge in [0.2, 0.25) is 5.91 Å². The summed E-state index contributed by atoms with van der Waals surface area (Å²) < 4.78 is 39.6. The number of pyridine rings is 1. The Morgan fingerprint density at radius 2 is 1.89 bits per heavy atom. The molecule has 1 aromatic rings. The van der Waals surface area contributed by atoms with Crippen LogP contribution >= 0.6 is 0 Å². The molecule has 1 N–H and O–H groups in total. The summed E-state index contributed by atoms with van der Waals surface area (Å²) in [5.74, 6) is -2.10. The fraction of sp³-hybridized carbons (Fsp3) is 0.700. The summed E-state index contributed by atoms with van der Waals surface area (Å²) in [6.07, 6.45) is -1.06. The average Bonchev–Trinajstić information content (AvgIpc) is 2.72. The Labute approximate surface area is 164 Å². The number of anilines is 1. The Hall–Kier alpha value is -1.83. The van der Waals surface area contributed by atoms with Crippen LogP contribution < -0.4 is 10.2 Å². The van der Waals surface area contributed by atoms with Gasteiger partial charge in [-0.1, -0.05) is 25.8 Å². The molecule has 156 valence electrons. The second-order valence-electron chi connectivity index (χ2n) is 7.70. The number of aromatic nitrogens is 1. The molecule has 2 fully saturated rings. The van der Waals surface area contributed by atoms with E-state index >= 15 is 0 Å². The molecule has 2 heterocycles. The number of carbonyl (C=O) groups excluding carboxylic acids is 1. The van der Waals surface area contributed by atoms with Gasteiger partial charge in [-0.05, 0) is 31.0 Å². The van der Waals surface area contributed by atoms with Crippen molar-refractivity contribution in [2.75, 3.05) is 37.6 Å². The van der Waals surface area contributed by atoms with E-state index in [0.29, 0.717) is 19.3 Å². The van der Waals surface area contributed by atoms with Gasteiger partial charge in [0.15, 0.2) is 0 Å². The second-order valence-corrected chi connectivity index (χ2v) is 7.70. The highest BCUT2D eigenvalue weighted by molar-refractivity contribution is 5.79. The van der Waals surface area contributed by atoms with Gasteiger partial charge in [-0.15, -0.1) is 0 Å².